The van der Waals surface area contributed by atoms with Crippen molar-refractivity contribution in [1.82, 2.24) is 15.0 Å². The minimum atomic E-state index is -0.124. The predicted octanol–water partition coefficient (Wildman–Crippen LogP) is 0.828. The van der Waals surface area contributed by atoms with Crippen molar-refractivity contribution in [2.24, 2.45) is 0 Å². The Labute approximate surface area is 148 Å². The number of aromatic nitrogens is 3. The number of anilines is 3. The van der Waals surface area contributed by atoms with E-state index in [1.807, 2.05) is 13.8 Å². The second-order valence-electron chi connectivity index (χ2n) is 6.19. The van der Waals surface area contributed by atoms with Crippen molar-refractivity contribution in [2.45, 2.75) is 57.7 Å². The maximum absolute atomic E-state index is 9.38. The Morgan fingerprint density at radius 3 is 2.00 bits per heavy atom. The van der Waals surface area contributed by atoms with E-state index in [0.717, 1.165) is 32.3 Å². The zero-order valence-corrected chi connectivity index (χ0v) is 15.0. The van der Waals surface area contributed by atoms with Gasteiger partial charge in [-0.05, 0) is 25.7 Å². The molecular weight excluding hydrogens is 324 g/mol. The molecule has 142 valence electrons. The molecule has 1 fully saturated rings. The van der Waals surface area contributed by atoms with Crippen LogP contribution in [0.25, 0.3) is 0 Å². The number of aliphatic hydroxyl groups excluding tert-OH is 2. The molecule has 1 saturated heterocycles. The summed E-state index contributed by atoms with van der Waals surface area (Å²) in [4.78, 5) is 13.1. The minimum Gasteiger partial charge on any atom is -0.394 e. The molecule has 2 rings (SSSR count). The lowest BCUT2D eigenvalue weighted by Gasteiger charge is -2.18. The summed E-state index contributed by atoms with van der Waals surface area (Å²) in [6, 6.07) is -0.248. The van der Waals surface area contributed by atoms with Crippen LogP contribution < -0.4 is 16.0 Å². The van der Waals surface area contributed by atoms with E-state index in [0.29, 0.717) is 24.4 Å². The Morgan fingerprint density at radius 1 is 1.00 bits per heavy atom. The molecule has 9 heteroatoms. The number of hydrogen-bond donors (Lipinski definition) is 5. The molecule has 1 aliphatic heterocycles. The second-order valence-corrected chi connectivity index (χ2v) is 6.19. The molecule has 3 atom stereocenters. The SMILES string of the molecule is CC[C@H](CO)Nc1nc(NCC2CCCO2)nc(N[C@@H](CC)CO)n1. The van der Waals surface area contributed by atoms with E-state index in [1.165, 1.54) is 0 Å². The Hall–Kier alpha value is -1.71. The predicted molar refractivity (Wildman–Crippen MR) is 96.9 cm³/mol. The maximum atomic E-state index is 9.38. The number of rotatable bonds is 11. The van der Waals surface area contributed by atoms with Crippen LogP contribution in [0.4, 0.5) is 17.8 Å². The third-order valence-corrected chi connectivity index (χ3v) is 4.24. The number of hydrogen-bond acceptors (Lipinski definition) is 9. The van der Waals surface area contributed by atoms with Crippen LogP contribution in [0.1, 0.15) is 39.5 Å². The molecule has 9 nitrogen and oxygen atoms in total. The standard InChI is InChI=1S/C16H30N6O3/c1-3-11(9-23)18-15-20-14(17-8-13-6-5-7-25-13)21-16(22-15)19-12(4-2)10-24/h11-13,23-24H,3-10H2,1-2H3,(H3,17,18,19,20,21,22)/t11-,12+,13?. The van der Waals surface area contributed by atoms with Gasteiger partial charge in [-0.2, -0.15) is 15.0 Å². The van der Waals surface area contributed by atoms with Gasteiger partial charge in [-0.25, -0.2) is 0 Å². The fourth-order valence-electron chi connectivity index (χ4n) is 2.51. The quantitative estimate of drug-likeness (QED) is 0.393. The van der Waals surface area contributed by atoms with E-state index in [9.17, 15) is 10.2 Å². The van der Waals surface area contributed by atoms with Crippen LogP contribution in [0.3, 0.4) is 0 Å². The normalized spacial score (nSPS) is 19.4. The molecule has 0 bridgehead atoms. The number of nitrogens with zero attached hydrogens (tertiary/aromatic N) is 3. The van der Waals surface area contributed by atoms with Gasteiger partial charge in [-0.1, -0.05) is 13.8 Å². The third-order valence-electron chi connectivity index (χ3n) is 4.24. The van der Waals surface area contributed by atoms with E-state index in [4.69, 9.17) is 4.74 Å². The van der Waals surface area contributed by atoms with Crippen LogP contribution in [0.15, 0.2) is 0 Å². The lowest BCUT2D eigenvalue weighted by atomic mass is 10.2. The molecule has 0 saturated carbocycles. The number of ether oxygens (including phenoxy) is 1. The fourth-order valence-corrected chi connectivity index (χ4v) is 2.51. The summed E-state index contributed by atoms with van der Waals surface area (Å²) in [6.07, 6.45) is 3.77. The monoisotopic (exact) mass is 354 g/mol. The van der Waals surface area contributed by atoms with Crippen LogP contribution in [-0.4, -0.2) is 69.7 Å². The van der Waals surface area contributed by atoms with Crippen molar-refractivity contribution in [3.63, 3.8) is 0 Å². The van der Waals surface area contributed by atoms with Gasteiger partial charge >= 0.3 is 0 Å². The molecule has 1 aliphatic rings. The lowest BCUT2D eigenvalue weighted by Crippen LogP contribution is -2.27. The summed E-state index contributed by atoms with van der Waals surface area (Å²) < 4.78 is 5.60. The largest absolute Gasteiger partial charge is 0.394 e. The topological polar surface area (TPSA) is 124 Å². The molecule has 1 unspecified atom stereocenters. The van der Waals surface area contributed by atoms with Gasteiger partial charge in [-0.3, -0.25) is 0 Å². The van der Waals surface area contributed by atoms with Crippen molar-refractivity contribution in [2.75, 3.05) is 42.3 Å². The Bertz CT molecular complexity index is 472. The van der Waals surface area contributed by atoms with E-state index >= 15 is 0 Å². The molecule has 0 spiro atoms. The number of nitrogens with one attached hydrogen (secondary N) is 3. The van der Waals surface area contributed by atoms with Crippen LogP contribution >= 0.6 is 0 Å². The van der Waals surface area contributed by atoms with Gasteiger partial charge in [-0.15, -0.1) is 0 Å². The third kappa shape index (κ3) is 6.26. The van der Waals surface area contributed by atoms with E-state index in [-0.39, 0.29) is 31.4 Å². The molecular formula is C16H30N6O3. The highest BCUT2D eigenvalue weighted by Gasteiger charge is 2.17. The van der Waals surface area contributed by atoms with Crippen molar-refractivity contribution in [1.29, 1.82) is 0 Å². The van der Waals surface area contributed by atoms with Gasteiger partial charge in [0.15, 0.2) is 0 Å². The first-order valence-electron chi connectivity index (χ1n) is 9.04. The first kappa shape index (κ1) is 19.6. The maximum Gasteiger partial charge on any atom is 0.229 e. The molecule has 5 N–H and O–H groups in total. The summed E-state index contributed by atoms with van der Waals surface area (Å²) in [5.41, 5.74) is 0. The minimum absolute atomic E-state index is 0.00214. The Kier molecular flexibility index (Phi) is 8.10. The van der Waals surface area contributed by atoms with E-state index in [1.54, 1.807) is 0 Å². The van der Waals surface area contributed by atoms with Gasteiger partial charge in [0.25, 0.3) is 0 Å². The average Bonchev–Trinajstić information content (AvgIpc) is 3.16. The molecule has 2 heterocycles. The smallest absolute Gasteiger partial charge is 0.229 e. The Balaban J connectivity index is 2.11. The summed E-state index contributed by atoms with van der Waals surface area (Å²) in [5.74, 6) is 1.22. The molecule has 25 heavy (non-hydrogen) atoms. The fraction of sp³-hybridized carbons (Fsp3) is 0.812. The molecule has 1 aromatic heterocycles. The van der Waals surface area contributed by atoms with E-state index < -0.39 is 0 Å². The van der Waals surface area contributed by atoms with Crippen LogP contribution in [-0.2, 0) is 4.74 Å². The van der Waals surface area contributed by atoms with Gasteiger partial charge in [0.1, 0.15) is 0 Å². The van der Waals surface area contributed by atoms with Crippen molar-refractivity contribution in [3.05, 3.63) is 0 Å². The van der Waals surface area contributed by atoms with Crippen molar-refractivity contribution < 1.29 is 14.9 Å². The molecule has 1 aromatic rings. The Morgan fingerprint density at radius 2 is 1.56 bits per heavy atom. The van der Waals surface area contributed by atoms with Crippen molar-refractivity contribution in [3.8, 4) is 0 Å². The lowest BCUT2D eigenvalue weighted by molar-refractivity contribution is 0.120. The molecule has 0 radical (unpaired) electrons. The first-order chi connectivity index (χ1) is 12.2. The molecule has 0 aromatic carbocycles. The van der Waals surface area contributed by atoms with Gasteiger partial charge in [0.05, 0.1) is 31.4 Å². The highest BCUT2D eigenvalue weighted by atomic mass is 16.5. The van der Waals surface area contributed by atoms with Gasteiger partial charge < -0.3 is 30.9 Å². The summed E-state index contributed by atoms with van der Waals surface area (Å²) in [7, 11) is 0. The number of aliphatic hydroxyl groups is 2. The van der Waals surface area contributed by atoms with Crippen molar-refractivity contribution >= 4 is 17.8 Å². The average molecular weight is 354 g/mol. The van der Waals surface area contributed by atoms with Crippen LogP contribution in [0, 0.1) is 0 Å². The van der Waals surface area contributed by atoms with Crippen LogP contribution in [0.2, 0.25) is 0 Å². The summed E-state index contributed by atoms with van der Waals surface area (Å²) in [6.45, 7) is 5.38. The molecule has 0 aliphatic carbocycles. The van der Waals surface area contributed by atoms with Gasteiger partial charge in [0, 0.05) is 13.2 Å². The summed E-state index contributed by atoms with van der Waals surface area (Å²) >= 11 is 0. The van der Waals surface area contributed by atoms with Crippen LogP contribution in [0.5, 0.6) is 0 Å². The zero-order chi connectivity index (χ0) is 18.1. The molecule has 0 amide bonds. The second kappa shape index (κ2) is 10.3. The highest BCUT2D eigenvalue weighted by Crippen LogP contribution is 2.15. The highest BCUT2D eigenvalue weighted by molar-refractivity contribution is 5.43. The zero-order valence-electron chi connectivity index (χ0n) is 15.0. The summed E-state index contributed by atoms with van der Waals surface area (Å²) in [5, 5.41) is 28.2. The van der Waals surface area contributed by atoms with E-state index in [2.05, 4.69) is 30.9 Å². The van der Waals surface area contributed by atoms with Gasteiger partial charge in [0.2, 0.25) is 17.8 Å². The first-order valence-corrected chi connectivity index (χ1v) is 9.04.